The smallest absolute Gasteiger partial charge is 0.349 e. The maximum absolute atomic E-state index is 13.4. The fourth-order valence-corrected chi connectivity index (χ4v) is 3.24. The summed E-state index contributed by atoms with van der Waals surface area (Å²) in [5, 5.41) is 9.55. The van der Waals surface area contributed by atoms with Crippen LogP contribution in [-0.2, 0) is 6.18 Å². The van der Waals surface area contributed by atoms with E-state index in [9.17, 15) is 22.8 Å². The first-order valence-electron chi connectivity index (χ1n) is 9.68. The van der Waals surface area contributed by atoms with Gasteiger partial charge in [0.05, 0.1) is 40.0 Å². The number of hydrogen-bond donors (Lipinski definition) is 2. The van der Waals surface area contributed by atoms with Crippen molar-refractivity contribution in [3.8, 4) is 5.69 Å². The number of carbonyl (C=O) groups is 2. The zero-order valence-corrected chi connectivity index (χ0v) is 16.5. The van der Waals surface area contributed by atoms with Crippen LogP contribution in [0.1, 0.15) is 44.8 Å². The van der Waals surface area contributed by atoms with Gasteiger partial charge in [0.2, 0.25) is 0 Å². The fourth-order valence-electron chi connectivity index (χ4n) is 3.24. The van der Waals surface area contributed by atoms with Gasteiger partial charge in [0.15, 0.2) is 0 Å². The van der Waals surface area contributed by atoms with E-state index >= 15 is 0 Å². The van der Waals surface area contributed by atoms with Gasteiger partial charge < -0.3 is 10.6 Å². The fraction of sp³-hybridized carbons (Fsp3) is 0.227. The predicted octanol–water partition coefficient (Wildman–Crippen LogP) is 4.34. The van der Waals surface area contributed by atoms with Crippen LogP contribution in [-0.4, -0.2) is 27.6 Å². The summed E-state index contributed by atoms with van der Waals surface area (Å²) >= 11 is 0. The molecule has 2 amide bonds. The third-order valence-corrected chi connectivity index (χ3v) is 5.02. The van der Waals surface area contributed by atoms with Gasteiger partial charge in [-0.3, -0.25) is 9.59 Å². The van der Waals surface area contributed by atoms with E-state index in [1.165, 1.54) is 31.3 Å². The highest BCUT2D eigenvalue weighted by Crippen LogP contribution is 2.34. The molecule has 6 nitrogen and oxygen atoms in total. The highest BCUT2D eigenvalue weighted by Gasteiger charge is 2.34. The zero-order chi connectivity index (χ0) is 22.2. The molecule has 31 heavy (non-hydrogen) atoms. The Kier molecular flexibility index (Phi) is 5.26. The van der Waals surface area contributed by atoms with Crippen molar-refractivity contribution in [3.63, 3.8) is 0 Å². The molecular weight excluding hydrogens is 409 g/mol. The standard InChI is InChI=1S/C22H19F3N4O2/c1-13-16(12-26-29(13)19-9-5-3-7-17(19)22(23,24)25)21(31)28-18-8-4-2-6-15(18)20(30)27-14-10-11-14/h2-9,12,14H,10-11H2,1H3,(H,27,30)(H,28,31). The highest BCUT2D eigenvalue weighted by molar-refractivity contribution is 6.09. The lowest BCUT2D eigenvalue weighted by atomic mass is 10.1. The number of nitrogens with zero attached hydrogens (tertiary/aromatic N) is 2. The lowest BCUT2D eigenvalue weighted by Gasteiger charge is -2.14. The van der Waals surface area contributed by atoms with Gasteiger partial charge in [-0.05, 0) is 44.0 Å². The molecule has 1 heterocycles. The average Bonchev–Trinajstić information content (AvgIpc) is 3.46. The summed E-state index contributed by atoms with van der Waals surface area (Å²) < 4.78 is 41.2. The van der Waals surface area contributed by atoms with E-state index in [1.807, 2.05) is 0 Å². The van der Waals surface area contributed by atoms with Gasteiger partial charge in [-0.15, -0.1) is 0 Å². The van der Waals surface area contributed by atoms with E-state index in [0.29, 0.717) is 11.3 Å². The van der Waals surface area contributed by atoms with Crippen molar-refractivity contribution in [1.29, 1.82) is 0 Å². The molecule has 0 unspecified atom stereocenters. The first-order chi connectivity index (χ1) is 14.8. The molecule has 2 aromatic carbocycles. The Hall–Kier alpha value is -3.62. The number of carbonyl (C=O) groups excluding carboxylic acids is 2. The minimum Gasteiger partial charge on any atom is -0.349 e. The monoisotopic (exact) mass is 428 g/mol. The Morgan fingerprint density at radius 3 is 2.39 bits per heavy atom. The molecular formula is C22H19F3N4O2. The number of halogens is 3. The van der Waals surface area contributed by atoms with Gasteiger partial charge in [0.1, 0.15) is 0 Å². The van der Waals surface area contributed by atoms with E-state index < -0.39 is 17.6 Å². The van der Waals surface area contributed by atoms with Gasteiger partial charge in [-0.1, -0.05) is 24.3 Å². The first-order valence-corrected chi connectivity index (χ1v) is 9.68. The number of anilines is 1. The van der Waals surface area contributed by atoms with Gasteiger partial charge in [-0.2, -0.15) is 18.3 Å². The molecule has 4 rings (SSSR count). The predicted molar refractivity (Wildman–Crippen MR) is 108 cm³/mol. The number of rotatable bonds is 5. The summed E-state index contributed by atoms with van der Waals surface area (Å²) in [7, 11) is 0. The summed E-state index contributed by atoms with van der Waals surface area (Å²) in [6, 6.07) is 11.7. The van der Waals surface area contributed by atoms with E-state index in [2.05, 4.69) is 15.7 Å². The van der Waals surface area contributed by atoms with Crippen molar-refractivity contribution in [2.24, 2.45) is 0 Å². The van der Waals surface area contributed by atoms with Gasteiger partial charge in [0, 0.05) is 6.04 Å². The van der Waals surface area contributed by atoms with Crippen molar-refractivity contribution >= 4 is 17.5 Å². The Morgan fingerprint density at radius 2 is 1.68 bits per heavy atom. The minimum atomic E-state index is -4.56. The summed E-state index contributed by atoms with van der Waals surface area (Å²) in [5.41, 5.74) is -0.0433. The van der Waals surface area contributed by atoms with Crippen LogP contribution in [0.2, 0.25) is 0 Å². The average molecular weight is 428 g/mol. The van der Waals surface area contributed by atoms with Crippen molar-refractivity contribution in [2.75, 3.05) is 5.32 Å². The maximum atomic E-state index is 13.4. The number of para-hydroxylation sites is 2. The van der Waals surface area contributed by atoms with Gasteiger partial charge in [0.25, 0.3) is 11.8 Å². The number of nitrogens with one attached hydrogen (secondary N) is 2. The van der Waals surface area contributed by atoms with Crippen molar-refractivity contribution in [2.45, 2.75) is 32.0 Å². The zero-order valence-electron chi connectivity index (χ0n) is 16.5. The summed E-state index contributed by atoms with van der Waals surface area (Å²) in [6.07, 6.45) is -1.49. The van der Waals surface area contributed by atoms with Crippen LogP contribution in [0.4, 0.5) is 18.9 Å². The normalized spacial score (nSPS) is 13.7. The third-order valence-electron chi connectivity index (χ3n) is 5.02. The minimum absolute atomic E-state index is 0.106. The highest BCUT2D eigenvalue weighted by atomic mass is 19.4. The molecule has 0 bridgehead atoms. The second kappa shape index (κ2) is 7.90. The number of hydrogen-bond acceptors (Lipinski definition) is 3. The van der Waals surface area contributed by atoms with Crippen molar-refractivity contribution < 1.29 is 22.8 Å². The summed E-state index contributed by atoms with van der Waals surface area (Å²) in [4.78, 5) is 25.3. The topological polar surface area (TPSA) is 76.0 Å². The van der Waals surface area contributed by atoms with Gasteiger partial charge in [-0.25, -0.2) is 4.68 Å². The molecule has 0 spiro atoms. The van der Waals surface area contributed by atoms with Crippen LogP contribution in [0.3, 0.4) is 0 Å². The SMILES string of the molecule is Cc1c(C(=O)Nc2ccccc2C(=O)NC2CC2)cnn1-c1ccccc1C(F)(F)F. The first kappa shape index (κ1) is 20.6. The molecule has 1 aromatic heterocycles. The lowest BCUT2D eigenvalue weighted by molar-refractivity contribution is -0.137. The molecule has 1 aliphatic carbocycles. The Bertz CT molecular complexity index is 1150. The van der Waals surface area contributed by atoms with E-state index in [-0.39, 0.29) is 28.9 Å². The Labute approximate surface area is 176 Å². The molecule has 160 valence electrons. The van der Waals surface area contributed by atoms with Crippen molar-refractivity contribution in [3.05, 3.63) is 77.1 Å². The quantitative estimate of drug-likeness (QED) is 0.635. The molecule has 3 aromatic rings. The molecule has 0 atom stereocenters. The second-order valence-electron chi connectivity index (χ2n) is 7.32. The molecule has 1 saturated carbocycles. The second-order valence-corrected chi connectivity index (χ2v) is 7.32. The summed E-state index contributed by atoms with van der Waals surface area (Å²) in [5.74, 6) is -0.857. The van der Waals surface area contributed by atoms with E-state index in [0.717, 1.165) is 23.6 Å². The van der Waals surface area contributed by atoms with Gasteiger partial charge >= 0.3 is 6.18 Å². The molecule has 0 radical (unpaired) electrons. The van der Waals surface area contributed by atoms with Crippen LogP contribution in [0.25, 0.3) is 5.69 Å². The maximum Gasteiger partial charge on any atom is 0.418 e. The Morgan fingerprint density at radius 1 is 1.00 bits per heavy atom. The number of benzene rings is 2. The van der Waals surface area contributed by atoms with Crippen LogP contribution in [0.5, 0.6) is 0 Å². The van der Waals surface area contributed by atoms with Crippen LogP contribution < -0.4 is 10.6 Å². The summed E-state index contributed by atoms with van der Waals surface area (Å²) in [6.45, 7) is 1.51. The lowest BCUT2D eigenvalue weighted by Crippen LogP contribution is -2.27. The molecule has 1 aliphatic rings. The molecule has 2 N–H and O–H groups in total. The molecule has 9 heteroatoms. The third kappa shape index (κ3) is 4.30. The van der Waals surface area contributed by atoms with E-state index in [1.54, 1.807) is 24.3 Å². The van der Waals surface area contributed by atoms with Crippen LogP contribution in [0, 0.1) is 6.92 Å². The molecule has 1 fully saturated rings. The number of amides is 2. The van der Waals surface area contributed by atoms with Crippen LogP contribution in [0.15, 0.2) is 54.7 Å². The molecule has 0 aliphatic heterocycles. The van der Waals surface area contributed by atoms with E-state index in [4.69, 9.17) is 0 Å². The van der Waals surface area contributed by atoms with Crippen molar-refractivity contribution in [1.82, 2.24) is 15.1 Å². The Balaban J connectivity index is 1.61. The van der Waals surface area contributed by atoms with Crippen LogP contribution >= 0.6 is 0 Å². The largest absolute Gasteiger partial charge is 0.418 e. The number of aromatic nitrogens is 2. The number of alkyl halides is 3. The molecule has 0 saturated heterocycles.